The molecule has 1 aliphatic carbocycles. The zero-order valence-corrected chi connectivity index (χ0v) is 10.6. The summed E-state index contributed by atoms with van der Waals surface area (Å²) in [6.45, 7) is 0. The minimum absolute atomic E-state index is 0.0628. The van der Waals surface area contributed by atoms with Crippen LogP contribution in [0.25, 0.3) is 0 Å². The predicted octanol–water partition coefficient (Wildman–Crippen LogP) is 1.49. The number of unbranched alkanes of at least 4 members (excludes halogenated alkanes) is 1. The van der Waals surface area contributed by atoms with E-state index >= 15 is 0 Å². The molecule has 0 spiro atoms. The van der Waals surface area contributed by atoms with E-state index in [4.69, 9.17) is 20.6 Å². The second-order valence-corrected chi connectivity index (χ2v) is 3.71. The highest BCUT2D eigenvalue weighted by Gasteiger charge is 1.99. The Hall–Kier alpha value is -2.64. The third kappa shape index (κ3) is 9.40. The summed E-state index contributed by atoms with van der Waals surface area (Å²) < 4.78 is 0. The molecule has 0 amide bonds. The molecule has 0 saturated carbocycles. The second-order valence-electron chi connectivity index (χ2n) is 3.71. The Labute approximate surface area is 115 Å². The molecule has 20 heavy (non-hydrogen) atoms. The van der Waals surface area contributed by atoms with Crippen molar-refractivity contribution in [3.63, 3.8) is 0 Å². The molecule has 0 aromatic carbocycles. The number of oxime groups is 2. The van der Waals surface area contributed by atoms with Crippen LogP contribution in [0, 0.1) is 0 Å². The van der Waals surface area contributed by atoms with Gasteiger partial charge in [0.1, 0.15) is 11.4 Å². The van der Waals surface area contributed by atoms with Crippen molar-refractivity contribution in [3.05, 3.63) is 24.3 Å². The molecule has 0 atom stereocenters. The van der Waals surface area contributed by atoms with Crippen LogP contribution < -0.4 is 0 Å². The zero-order valence-electron chi connectivity index (χ0n) is 10.6. The van der Waals surface area contributed by atoms with Crippen LogP contribution in [0.1, 0.15) is 25.7 Å². The third-order valence-electron chi connectivity index (χ3n) is 2.11. The van der Waals surface area contributed by atoms with Crippen molar-refractivity contribution in [2.45, 2.75) is 25.7 Å². The molecule has 0 fully saturated rings. The lowest BCUT2D eigenvalue weighted by molar-refractivity contribution is -0.139. The number of hydrogen-bond acceptors (Lipinski definition) is 6. The predicted molar refractivity (Wildman–Crippen MR) is 70.5 cm³/mol. The van der Waals surface area contributed by atoms with E-state index < -0.39 is 11.9 Å². The van der Waals surface area contributed by atoms with Crippen LogP contribution in [0.4, 0.5) is 0 Å². The lowest BCUT2D eigenvalue weighted by Gasteiger charge is -1.95. The fourth-order valence-corrected chi connectivity index (χ4v) is 1.14. The highest BCUT2D eigenvalue weighted by Crippen LogP contribution is 1.98. The topological polar surface area (TPSA) is 140 Å². The van der Waals surface area contributed by atoms with Crippen molar-refractivity contribution in [3.8, 4) is 0 Å². The Kier molecular flexibility index (Phi) is 8.94. The minimum atomic E-state index is -0.870. The largest absolute Gasteiger partial charge is 0.481 e. The van der Waals surface area contributed by atoms with Gasteiger partial charge in [-0.15, -0.1) is 0 Å². The van der Waals surface area contributed by atoms with Gasteiger partial charge >= 0.3 is 11.9 Å². The van der Waals surface area contributed by atoms with Gasteiger partial charge in [-0.2, -0.15) is 0 Å². The van der Waals surface area contributed by atoms with E-state index in [0.717, 1.165) is 0 Å². The summed E-state index contributed by atoms with van der Waals surface area (Å²) in [6.07, 6.45) is 7.16. The molecule has 0 aromatic heterocycles. The van der Waals surface area contributed by atoms with Crippen molar-refractivity contribution in [1.29, 1.82) is 0 Å². The fourth-order valence-electron chi connectivity index (χ4n) is 1.14. The highest BCUT2D eigenvalue weighted by molar-refractivity contribution is 6.18. The van der Waals surface area contributed by atoms with E-state index in [-0.39, 0.29) is 12.8 Å². The van der Waals surface area contributed by atoms with Crippen LogP contribution in [0.15, 0.2) is 34.6 Å². The van der Waals surface area contributed by atoms with Gasteiger partial charge in [-0.05, 0) is 37.1 Å². The molecule has 0 aromatic rings. The fraction of sp³-hybridized carbons (Fsp3) is 0.333. The first-order valence-electron chi connectivity index (χ1n) is 5.73. The van der Waals surface area contributed by atoms with Crippen LogP contribution in [0.2, 0.25) is 0 Å². The van der Waals surface area contributed by atoms with Crippen LogP contribution >= 0.6 is 0 Å². The molecule has 8 heteroatoms. The van der Waals surface area contributed by atoms with Gasteiger partial charge in [0, 0.05) is 12.8 Å². The molecule has 0 radical (unpaired) electrons. The maximum Gasteiger partial charge on any atom is 0.303 e. The van der Waals surface area contributed by atoms with Crippen LogP contribution in [0.3, 0.4) is 0 Å². The van der Waals surface area contributed by atoms with Gasteiger partial charge in [0.05, 0.1) is 0 Å². The maximum atomic E-state index is 9.90. The molecule has 110 valence electrons. The smallest absolute Gasteiger partial charge is 0.303 e. The SMILES string of the molecule is O=C(O)CCCCC(=O)O.ON=C1C=CC(=NO)C=C1. The lowest BCUT2D eigenvalue weighted by atomic mass is 10.1. The summed E-state index contributed by atoms with van der Waals surface area (Å²) in [6, 6.07) is 0. The average Bonchev–Trinajstić information content (AvgIpc) is 2.44. The van der Waals surface area contributed by atoms with Crippen LogP contribution in [0.5, 0.6) is 0 Å². The van der Waals surface area contributed by atoms with Gasteiger partial charge in [-0.1, -0.05) is 10.3 Å². The summed E-state index contributed by atoms with van der Waals surface area (Å²) in [7, 11) is 0. The summed E-state index contributed by atoms with van der Waals surface area (Å²) in [5.74, 6) is -1.74. The lowest BCUT2D eigenvalue weighted by Crippen LogP contribution is -1.99. The molecule has 0 saturated heterocycles. The van der Waals surface area contributed by atoms with Crippen molar-refractivity contribution in [2.24, 2.45) is 10.3 Å². The summed E-state index contributed by atoms with van der Waals surface area (Å²) in [4.78, 5) is 19.8. The molecule has 0 bridgehead atoms. The van der Waals surface area contributed by atoms with Crippen LogP contribution in [-0.4, -0.2) is 44.0 Å². The first-order valence-corrected chi connectivity index (χ1v) is 5.73. The monoisotopic (exact) mass is 284 g/mol. The normalized spacial score (nSPS) is 12.4. The number of carbonyl (C=O) groups is 2. The summed E-state index contributed by atoms with van der Waals surface area (Å²) in [5, 5.41) is 38.6. The molecule has 4 N–H and O–H groups in total. The maximum absolute atomic E-state index is 9.90. The Morgan fingerprint density at radius 3 is 1.30 bits per heavy atom. The molecule has 1 aliphatic rings. The number of carboxylic acid groups (broad SMARTS) is 2. The zero-order chi connectivity index (χ0) is 15.4. The molecule has 0 aliphatic heterocycles. The number of aliphatic carboxylic acids is 2. The Bertz CT molecular complexity index is 393. The molecular weight excluding hydrogens is 268 g/mol. The van der Waals surface area contributed by atoms with Gasteiger partial charge in [0.25, 0.3) is 0 Å². The van der Waals surface area contributed by atoms with Gasteiger partial charge in [-0.3, -0.25) is 9.59 Å². The Balaban J connectivity index is 0.000000361. The van der Waals surface area contributed by atoms with E-state index in [2.05, 4.69) is 10.3 Å². The minimum Gasteiger partial charge on any atom is -0.481 e. The standard InChI is InChI=1S/C6H6N2O2.C6H10O4/c9-7-5-1-2-6(8-10)4-3-5;7-5(8)3-1-2-4-6(9)10/h1-4,9-10H;1-4H2,(H,7,8)(H,9,10). The van der Waals surface area contributed by atoms with Crippen LogP contribution in [-0.2, 0) is 9.59 Å². The first-order chi connectivity index (χ1) is 9.49. The average molecular weight is 284 g/mol. The molecule has 1 rings (SSSR count). The highest BCUT2D eigenvalue weighted by atomic mass is 16.4. The summed E-state index contributed by atoms with van der Waals surface area (Å²) in [5.41, 5.74) is 0.875. The van der Waals surface area contributed by atoms with Gasteiger partial charge in [0.2, 0.25) is 0 Å². The number of nitrogens with zero attached hydrogens (tertiary/aromatic N) is 2. The van der Waals surface area contributed by atoms with Gasteiger partial charge in [0.15, 0.2) is 0 Å². The molecule has 0 heterocycles. The molecule has 0 unspecified atom stereocenters. The quantitative estimate of drug-likeness (QED) is 0.261. The number of carboxylic acids is 2. The van der Waals surface area contributed by atoms with Gasteiger partial charge < -0.3 is 20.6 Å². The van der Waals surface area contributed by atoms with Crippen molar-refractivity contribution in [1.82, 2.24) is 0 Å². The van der Waals surface area contributed by atoms with E-state index in [0.29, 0.717) is 24.3 Å². The van der Waals surface area contributed by atoms with Gasteiger partial charge in [-0.25, -0.2) is 0 Å². The Morgan fingerprint density at radius 2 is 1.10 bits per heavy atom. The number of rotatable bonds is 5. The Morgan fingerprint density at radius 1 is 0.800 bits per heavy atom. The van der Waals surface area contributed by atoms with E-state index in [9.17, 15) is 9.59 Å². The van der Waals surface area contributed by atoms with E-state index in [1.165, 1.54) is 24.3 Å². The first kappa shape index (κ1) is 17.4. The molecular formula is C12H16N2O6. The van der Waals surface area contributed by atoms with E-state index in [1.807, 2.05) is 0 Å². The molecule has 8 nitrogen and oxygen atoms in total. The van der Waals surface area contributed by atoms with Crippen molar-refractivity contribution in [2.75, 3.05) is 0 Å². The third-order valence-corrected chi connectivity index (χ3v) is 2.11. The van der Waals surface area contributed by atoms with Crippen molar-refractivity contribution < 1.29 is 30.2 Å². The number of allylic oxidation sites excluding steroid dienone is 4. The summed E-state index contributed by atoms with van der Waals surface area (Å²) >= 11 is 0. The van der Waals surface area contributed by atoms with E-state index in [1.54, 1.807) is 0 Å². The second kappa shape index (κ2) is 10.3. The van der Waals surface area contributed by atoms with Crippen molar-refractivity contribution >= 4 is 23.4 Å². The number of hydrogen-bond donors (Lipinski definition) is 4.